The molecule has 0 radical (unpaired) electrons. The lowest BCUT2D eigenvalue weighted by molar-refractivity contribution is -0.160. The van der Waals surface area contributed by atoms with Gasteiger partial charge >= 0.3 is 12.3 Å². The smallest absolute Gasteiger partial charge is 0.422 e. The van der Waals surface area contributed by atoms with E-state index in [9.17, 15) is 28.0 Å². The summed E-state index contributed by atoms with van der Waals surface area (Å²) in [6, 6.07) is 11.8. The van der Waals surface area contributed by atoms with Crippen molar-refractivity contribution >= 4 is 35.3 Å². The molecule has 158 valence electrons. The molecule has 12 heteroatoms. The Hall–Kier alpha value is -3.46. The van der Waals surface area contributed by atoms with Crippen molar-refractivity contribution in [1.29, 1.82) is 5.26 Å². The van der Waals surface area contributed by atoms with Crippen molar-refractivity contribution in [2.45, 2.75) is 11.2 Å². The number of hydrogen-bond acceptors (Lipinski definition) is 7. The minimum atomic E-state index is -4.61. The number of nitrogens with two attached hydrogens (primary N) is 1. The first kappa shape index (κ1) is 22.8. The first-order valence-electron chi connectivity index (χ1n) is 8.37. The van der Waals surface area contributed by atoms with E-state index in [4.69, 9.17) is 5.73 Å². The predicted octanol–water partition coefficient (Wildman–Crippen LogP) is 3.17. The van der Waals surface area contributed by atoms with E-state index in [1.54, 1.807) is 30.3 Å². The fraction of sp³-hybridized carbons (Fsp3) is 0.222. The van der Waals surface area contributed by atoms with Crippen molar-refractivity contribution in [3.05, 3.63) is 47.5 Å². The largest absolute Gasteiger partial charge is 0.440 e. The van der Waals surface area contributed by atoms with Gasteiger partial charge in [0, 0.05) is 18.0 Å². The molecule has 4 N–H and O–H groups in total. The Balaban J connectivity index is 1.95. The predicted molar refractivity (Wildman–Crippen MR) is 104 cm³/mol. The van der Waals surface area contributed by atoms with Gasteiger partial charge in [0.2, 0.25) is 0 Å². The molecule has 0 saturated heterocycles. The van der Waals surface area contributed by atoms with Crippen molar-refractivity contribution in [3.8, 4) is 6.07 Å². The number of carbonyl (C=O) groups excluding carboxylic acids is 2. The molecule has 2 aromatic rings. The minimum Gasteiger partial charge on any atom is -0.440 e. The number of alkyl carbamates (subject to hydrolysis) is 1. The molecule has 0 fully saturated rings. The molecule has 1 aromatic heterocycles. The molecule has 0 atom stereocenters. The molecule has 0 aliphatic rings. The Bertz CT molecular complexity index is 949. The third kappa shape index (κ3) is 7.17. The van der Waals surface area contributed by atoms with Gasteiger partial charge in [-0.2, -0.15) is 18.4 Å². The van der Waals surface area contributed by atoms with Gasteiger partial charge < -0.3 is 21.1 Å². The number of nitriles is 1. The van der Waals surface area contributed by atoms with Crippen LogP contribution in [0.2, 0.25) is 0 Å². The maximum absolute atomic E-state index is 12.4. The van der Waals surface area contributed by atoms with E-state index in [0.29, 0.717) is 5.69 Å². The molecule has 1 heterocycles. The highest BCUT2D eigenvalue weighted by Gasteiger charge is 2.29. The normalized spacial score (nSPS) is 10.7. The van der Waals surface area contributed by atoms with Gasteiger partial charge in [0.15, 0.2) is 6.61 Å². The maximum atomic E-state index is 12.4. The second kappa shape index (κ2) is 10.4. The second-order valence-electron chi connectivity index (χ2n) is 5.67. The number of amides is 2. The van der Waals surface area contributed by atoms with Crippen LogP contribution in [-0.2, 0) is 4.74 Å². The molecule has 8 nitrogen and oxygen atoms in total. The monoisotopic (exact) mass is 439 g/mol. The Kier molecular flexibility index (Phi) is 7.88. The first-order valence-corrected chi connectivity index (χ1v) is 9.35. The molecule has 1 aromatic carbocycles. The van der Waals surface area contributed by atoms with Gasteiger partial charge in [0.1, 0.15) is 16.9 Å². The van der Waals surface area contributed by atoms with Crippen LogP contribution in [0.5, 0.6) is 0 Å². The summed E-state index contributed by atoms with van der Waals surface area (Å²) in [4.78, 5) is 27.6. The standard InChI is InChI=1S/C18H16F3N5O3S/c19-18(20,21)10-29-17(28)24-6-7-30-16-11(9-22)8-13(14(23)26-16)15(27)25-12-4-2-1-3-5-12/h1-5,8H,6-7,10H2,(H2,23,26)(H,24,28)(H,25,27). The summed E-state index contributed by atoms with van der Waals surface area (Å²) in [5.74, 6) is -0.451. The van der Waals surface area contributed by atoms with Crippen LogP contribution in [0, 0.1) is 11.3 Å². The number of nitrogens with one attached hydrogen (secondary N) is 2. The summed E-state index contributed by atoms with van der Waals surface area (Å²) in [5, 5.41) is 14.3. The number of halogens is 3. The lowest BCUT2D eigenvalue weighted by Gasteiger charge is -2.11. The van der Waals surface area contributed by atoms with Crippen LogP contribution < -0.4 is 16.4 Å². The zero-order valence-corrected chi connectivity index (χ0v) is 16.1. The van der Waals surface area contributed by atoms with Crippen LogP contribution >= 0.6 is 11.8 Å². The van der Waals surface area contributed by atoms with E-state index in [0.717, 1.165) is 11.8 Å². The highest BCUT2D eigenvalue weighted by molar-refractivity contribution is 7.99. The van der Waals surface area contributed by atoms with Gasteiger partial charge in [0.05, 0.1) is 11.1 Å². The molecule has 30 heavy (non-hydrogen) atoms. The number of hydrogen-bond donors (Lipinski definition) is 3. The van der Waals surface area contributed by atoms with Gasteiger partial charge in [-0.25, -0.2) is 9.78 Å². The zero-order chi connectivity index (χ0) is 22.1. The SMILES string of the molecule is N#Cc1cc(C(=O)Nc2ccccc2)c(N)nc1SCCNC(=O)OCC(F)(F)F. The first-order chi connectivity index (χ1) is 14.2. The maximum Gasteiger partial charge on any atom is 0.422 e. The summed E-state index contributed by atoms with van der Waals surface area (Å²) in [5.41, 5.74) is 6.50. The number of thioether (sulfide) groups is 1. The van der Waals surface area contributed by atoms with E-state index < -0.39 is 24.8 Å². The number of carbonyl (C=O) groups is 2. The van der Waals surface area contributed by atoms with Crippen molar-refractivity contribution in [2.75, 3.05) is 30.0 Å². The molecule has 2 amide bonds. The third-order valence-electron chi connectivity index (χ3n) is 3.39. The third-order valence-corrected chi connectivity index (χ3v) is 4.38. The zero-order valence-electron chi connectivity index (χ0n) is 15.3. The number of ether oxygens (including phenoxy) is 1. The second-order valence-corrected chi connectivity index (χ2v) is 6.76. The topological polar surface area (TPSA) is 130 Å². The van der Waals surface area contributed by atoms with E-state index in [-0.39, 0.29) is 34.3 Å². The van der Waals surface area contributed by atoms with Gasteiger partial charge in [-0.15, -0.1) is 11.8 Å². The van der Waals surface area contributed by atoms with Crippen LogP contribution in [0.1, 0.15) is 15.9 Å². The molecule has 0 aliphatic carbocycles. The fourth-order valence-electron chi connectivity index (χ4n) is 2.10. The number of para-hydroxylation sites is 1. The van der Waals surface area contributed by atoms with E-state index in [2.05, 4.69) is 20.4 Å². The summed E-state index contributed by atoms with van der Waals surface area (Å²) in [6.07, 6.45) is -5.82. The molecule has 0 unspecified atom stereocenters. The number of nitrogen functional groups attached to an aromatic ring is 1. The number of anilines is 2. The molecule has 0 spiro atoms. The molecular weight excluding hydrogens is 423 g/mol. The fourth-order valence-corrected chi connectivity index (χ4v) is 2.92. The highest BCUT2D eigenvalue weighted by Crippen LogP contribution is 2.24. The lowest BCUT2D eigenvalue weighted by Crippen LogP contribution is -2.30. The average Bonchev–Trinajstić information content (AvgIpc) is 2.70. The molecule has 0 saturated carbocycles. The molecule has 0 aliphatic heterocycles. The number of nitrogens with zero attached hydrogens (tertiary/aromatic N) is 2. The molecule has 0 bridgehead atoms. The number of aromatic nitrogens is 1. The van der Waals surface area contributed by atoms with Gasteiger partial charge in [-0.05, 0) is 18.2 Å². The van der Waals surface area contributed by atoms with Crippen molar-refractivity contribution < 1.29 is 27.5 Å². The Morgan fingerprint density at radius 3 is 2.60 bits per heavy atom. The lowest BCUT2D eigenvalue weighted by atomic mass is 10.2. The van der Waals surface area contributed by atoms with Crippen LogP contribution in [0.15, 0.2) is 41.4 Å². The van der Waals surface area contributed by atoms with Crippen LogP contribution in [0.3, 0.4) is 0 Å². The van der Waals surface area contributed by atoms with E-state index in [1.165, 1.54) is 6.07 Å². The Labute approximate surface area is 173 Å². The van der Waals surface area contributed by atoms with E-state index in [1.807, 2.05) is 6.07 Å². The number of alkyl halides is 3. The summed E-state index contributed by atoms with van der Waals surface area (Å²) in [7, 11) is 0. The summed E-state index contributed by atoms with van der Waals surface area (Å²) >= 11 is 1.04. The quantitative estimate of drug-likeness (QED) is 0.446. The average molecular weight is 439 g/mol. The van der Waals surface area contributed by atoms with Gasteiger partial charge in [0.25, 0.3) is 5.91 Å². The summed E-state index contributed by atoms with van der Waals surface area (Å²) < 4.78 is 39.9. The molecular formula is C18H16F3N5O3S. The van der Waals surface area contributed by atoms with Crippen LogP contribution in [0.25, 0.3) is 0 Å². The molecule has 2 rings (SSSR count). The highest BCUT2D eigenvalue weighted by atomic mass is 32.2. The van der Waals surface area contributed by atoms with Crippen LogP contribution in [-0.4, -0.2) is 42.1 Å². The Morgan fingerprint density at radius 1 is 1.27 bits per heavy atom. The van der Waals surface area contributed by atoms with Crippen LogP contribution in [0.4, 0.5) is 29.5 Å². The summed E-state index contributed by atoms with van der Waals surface area (Å²) in [6.45, 7) is -1.72. The van der Waals surface area contributed by atoms with E-state index >= 15 is 0 Å². The van der Waals surface area contributed by atoms with Gasteiger partial charge in [-0.3, -0.25) is 4.79 Å². The van der Waals surface area contributed by atoms with Gasteiger partial charge in [-0.1, -0.05) is 18.2 Å². The number of rotatable bonds is 7. The van der Waals surface area contributed by atoms with Crippen molar-refractivity contribution in [2.24, 2.45) is 0 Å². The van der Waals surface area contributed by atoms with Crippen molar-refractivity contribution in [1.82, 2.24) is 10.3 Å². The number of pyridine rings is 1. The van der Waals surface area contributed by atoms with Crippen molar-refractivity contribution in [3.63, 3.8) is 0 Å². The minimum absolute atomic E-state index is 0.0219. The number of benzene rings is 1. The Morgan fingerprint density at radius 2 is 1.97 bits per heavy atom.